The van der Waals surface area contributed by atoms with Gasteiger partial charge in [-0.3, -0.25) is 14.6 Å². The van der Waals surface area contributed by atoms with Gasteiger partial charge in [-0.05, 0) is 65.9 Å². The highest BCUT2D eigenvalue weighted by Crippen LogP contribution is 2.41. The molecule has 1 fully saturated rings. The molecule has 1 saturated heterocycles. The smallest absolute Gasteiger partial charge is 0.295 e. The third kappa shape index (κ3) is 5.23. The molecule has 1 atom stereocenters. The van der Waals surface area contributed by atoms with E-state index < -0.39 is 17.7 Å². The van der Waals surface area contributed by atoms with Crippen LogP contribution in [-0.2, 0) is 16.1 Å². The summed E-state index contributed by atoms with van der Waals surface area (Å²) in [6.07, 6.45) is 3.29. The topological polar surface area (TPSA) is 79.7 Å². The van der Waals surface area contributed by atoms with E-state index in [1.54, 1.807) is 60.9 Å². The number of Topliss-reactive ketones (excluding diaryl/α,β-unsaturated/α-hetero) is 1. The maximum absolute atomic E-state index is 13.2. The van der Waals surface area contributed by atoms with E-state index in [0.717, 1.165) is 11.1 Å². The van der Waals surface area contributed by atoms with E-state index in [2.05, 4.69) is 18.8 Å². The molecule has 1 aliphatic heterocycles. The number of aryl methyl sites for hydroxylation is 1. The fourth-order valence-corrected chi connectivity index (χ4v) is 4.22. The summed E-state index contributed by atoms with van der Waals surface area (Å²) in [6, 6.07) is 15.0. The number of hydrogen-bond donors (Lipinski definition) is 1. The Balaban J connectivity index is 1.78. The number of carbonyl (C=O) groups is 2. The van der Waals surface area contributed by atoms with Crippen LogP contribution in [0.3, 0.4) is 0 Å². The van der Waals surface area contributed by atoms with Gasteiger partial charge < -0.3 is 14.7 Å². The van der Waals surface area contributed by atoms with E-state index in [0.29, 0.717) is 34.4 Å². The van der Waals surface area contributed by atoms with Crippen molar-refractivity contribution >= 4 is 29.1 Å². The lowest BCUT2D eigenvalue weighted by molar-refractivity contribution is -0.140. The molecule has 0 spiro atoms. The molecule has 2 heterocycles. The maximum Gasteiger partial charge on any atom is 0.295 e. The third-order valence-electron chi connectivity index (χ3n) is 5.82. The lowest BCUT2D eigenvalue weighted by Crippen LogP contribution is -2.29. The first kappa shape index (κ1) is 24.5. The number of aliphatic hydroxyl groups is 1. The number of ether oxygens (including phenoxy) is 1. The number of benzene rings is 2. The molecule has 4 rings (SSSR count). The molecule has 6 nitrogen and oxygen atoms in total. The van der Waals surface area contributed by atoms with Crippen LogP contribution in [0.4, 0.5) is 0 Å². The van der Waals surface area contributed by atoms with Crippen LogP contribution < -0.4 is 4.74 Å². The minimum atomic E-state index is -0.773. The first-order chi connectivity index (χ1) is 16.8. The Morgan fingerprint density at radius 1 is 1.14 bits per heavy atom. The zero-order valence-electron chi connectivity index (χ0n) is 19.9. The quantitative estimate of drug-likeness (QED) is 0.261. The Hall–Kier alpha value is -3.64. The van der Waals surface area contributed by atoms with Gasteiger partial charge in [0.05, 0.1) is 18.2 Å². The summed E-state index contributed by atoms with van der Waals surface area (Å²) in [5.74, 6) is -0.553. The standard InChI is InChI=1S/C28H27ClN2O4/c1-17(2)16-35-23-11-8-21(13-18(23)3)26(32)24-25(20-6-9-22(29)10-7-20)31(28(34)27(24)33)15-19-5-4-12-30-14-19/h4-14,17,25,32H,15-16H2,1-3H3/b26-24+/t25-/m1/s1. The van der Waals surface area contributed by atoms with Crippen molar-refractivity contribution in [2.45, 2.75) is 33.4 Å². The lowest BCUT2D eigenvalue weighted by atomic mass is 9.94. The van der Waals surface area contributed by atoms with Gasteiger partial charge in [-0.1, -0.05) is 43.6 Å². The van der Waals surface area contributed by atoms with Gasteiger partial charge in [-0.15, -0.1) is 0 Å². The van der Waals surface area contributed by atoms with E-state index in [1.165, 1.54) is 4.90 Å². The number of rotatable bonds is 7. The molecule has 180 valence electrons. The summed E-state index contributed by atoms with van der Waals surface area (Å²) >= 11 is 6.09. The number of likely N-dealkylation sites (tertiary alicyclic amines) is 1. The molecule has 0 unspecified atom stereocenters. The molecule has 1 aliphatic rings. The highest BCUT2D eigenvalue weighted by Gasteiger charge is 2.46. The van der Waals surface area contributed by atoms with Crippen molar-refractivity contribution in [3.63, 3.8) is 0 Å². The molecule has 2 aromatic carbocycles. The van der Waals surface area contributed by atoms with Crippen LogP contribution in [0.25, 0.3) is 5.76 Å². The summed E-state index contributed by atoms with van der Waals surface area (Å²) < 4.78 is 5.84. The van der Waals surface area contributed by atoms with Gasteiger partial charge in [0.2, 0.25) is 0 Å². The highest BCUT2D eigenvalue weighted by atomic mass is 35.5. The Morgan fingerprint density at radius 2 is 1.89 bits per heavy atom. The monoisotopic (exact) mass is 490 g/mol. The number of aromatic nitrogens is 1. The molecule has 0 aliphatic carbocycles. The number of ketones is 1. The predicted octanol–water partition coefficient (Wildman–Crippen LogP) is 5.70. The molecular formula is C28H27ClN2O4. The van der Waals surface area contributed by atoms with Crippen molar-refractivity contribution in [3.8, 4) is 5.75 Å². The van der Waals surface area contributed by atoms with E-state index >= 15 is 0 Å². The normalized spacial score (nSPS) is 17.3. The summed E-state index contributed by atoms with van der Waals surface area (Å²) in [4.78, 5) is 31.9. The largest absolute Gasteiger partial charge is 0.507 e. The average Bonchev–Trinajstić information content (AvgIpc) is 3.09. The number of pyridine rings is 1. The molecule has 1 amide bonds. The van der Waals surface area contributed by atoms with Crippen LogP contribution in [0.2, 0.25) is 5.02 Å². The SMILES string of the molecule is Cc1cc(/C(O)=C2\C(=O)C(=O)N(Cc3cccnc3)[C@@H]2c2ccc(Cl)cc2)ccc1OCC(C)C. The van der Waals surface area contributed by atoms with Crippen molar-refractivity contribution in [1.29, 1.82) is 0 Å². The van der Waals surface area contributed by atoms with Crippen molar-refractivity contribution < 1.29 is 19.4 Å². The minimum Gasteiger partial charge on any atom is -0.507 e. The number of nitrogens with zero attached hydrogens (tertiary/aromatic N) is 2. The molecule has 0 bridgehead atoms. The second-order valence-corrected chi connectivity index (χ2v) is 9.46. The van der Waals surface area contributed by atoms with Gasteiger partial charge in [0, 0.05) is 29.5 Å². The molecule has 1 aromatic heterocycles. The van der Waals surface area contributed by atoms with Gasteiger partial charge in [-0.2, -0.15) is 0 Å². The molecule has 0 saturated carbocycles. The lowest BCUT2D eigenvalue weighted by Gasteiger charge is -2.25. The number of amides is 1. The highest BCUT2D eigenvalue weighted by molar-refractivity contribution is 6.46. The van der Waals surface area contributed by atoms with Crippen LogP contribution in [0, 0.1) is 12.8 Å². The molecule has 7 heteroatoms. The second kappa shape index (κ2) is 10.3. The average molecular weight is 491 g/mol. The molecule has 0 radical (unpaired) electrons. The number of aliphatic hydroxyl groups excluding tert-OH is 1. The second-order valence-electron chi connectivity index (χ2n) is 9.02. The Morgan fingerprint density at radius 3 is 2.51 bits per heavy atom. The summed E-state index contributed by atoms with van der Waals surface area (Å²) in [6.45, 7) is 6.75. The fourth-order valence-electron chi connectivity index (χ4n) is 4.09. The van der Waals surface area contributed by atoms with Crippen LogP contribution in [-0.4, -0.2) is 33.3 Å². The van der Waals surface area contributed by atoms with Crippen molar-refractivity contribution in [3.05, 3.63) is 99.8 Å². The van der Waals surface area contributed by atoms with Gasteiger partial charge in [-0.25, -0.2) is 0 Å². The van der Waals surface area contributed by atoms with Crippen molar-refractivity contribution in [1.82, 2.24) is 9.88 Å². The van der Waals surface area contributed by atoms with E-state index in [9.17, 15) is 14.7 Å². The van der Waals surface area contributed by atoms with Crippen molar-refractivity contribution in [2.24, 2.45) is 5.92 Å². The van der Waals surface area contributed by atoms with Gasteiger partial charge >= 0.3 is 0 Å². The Kier molecular flexibility index (Phi) is 7.22. The molecule has 35 heavy (non-hydrogen) atoms. The van der Waals surface area contributed by atoms with Crippen molar-refractivity contribution in [2.75, 3.05) is 6.61 Å². The van der Waals surface area contributed by atoms with Crippen LogP contribution in [0.15, 0.2) is 72.6 Å². The third-order valence-corrected chi connectivity index (χ3v) is 6.07. The van der Waals surface area contributed by atoms with Crippen LogP contribution >= 0.6 is 11.6 Å². The zero-order chi connectivity index (χ0) is 25.1. The number of hydrogen-bond acceptors (Lipinski definition) is 5. The van der Waals surface area contributed by atoms with E-state index in [-0.39, 0.29) is 17.9 Å². The Labute approximate surface area is 209 Å². The van der Waals surface area contributed by atoms with Gasteiger partial charge in [0.25, 0.3) is 11.7 Å². The summed E-state index contributed by atoms with van der Waals surface area (Å²) in [5.41, 5.74) is 2.75. The number of carbonyl (C=O) groups excluding carboxylic acids is 2. The first-order valence-corrected chi connectivity index (χ1v) is 11.8. The maximum atomic E-state index is 13.2. The van der Waals surface area contributed by atoms with Gasteiger partial charge in [0.15, 0.2) is 0 Å². The number of halogens is 1. The minimum absolute atomic E-state index is 0.0384. The Bertz CT molecular complexity index is 1270. The van der Waals surface area contributed by atoms with E-state index in [1.807, 2.05) is 13.0 Å². The van der Waals surface area contributed by atoms with Gasteiger partial charge in [0.1, 0.15) is 11.5 Å². The van der Waals surface area contributed by atoms with Crippen LogP contribution in [0.5, 0.6) is 5.75 Å². The molecular weight excluding hydrogens is 464 g/mol. The molecule has 3 aromatic rings. The first-order valence-electron chi connectivity index (χ1n) is 11.4. The fraction of sp³-hybridized carbons (Fsp3) is 0.250. The van der Waals surface area contributed by atoms with E-state index in [4.69, 9.17) is 16.3 Å². The molecule has 1 N–H and O–H groups in total. The zero-order valence-corrected chi connectivity index (χ0v) is 20.6. The summed E-state index contributed by atoms with van der Waals surface area (Å²) in [7, 11) is 0. The van der Waals surface area contributed by atoms with Crippen LogP contribution in [0.1, 0.15) is 42.1 Å². The predicted molar refractivity (Wildman–Crippen MR) is 135 cm³/mol. The summed E-state index contributed by atoms with van der Waals surface area (Å²) in [5, 5.41) is 11.8.